The standard InChI is InChI=1S/C18H19N3O2/c1-11(2)16(23-18(19)22)14-8-13-9-15(21-17(13)20-10-14)12-6-4-3-5-7-12/h3-11,16H,1-2H3,(H2,19,22)(H,20,21). The van der Waals surface area contributed by atoms with Gasteiger partial charge in [0.25, 0.3) is 0 Å². The van der Waals surface area contributed by atoms with Crippen molar-refractivity contribution in [1.29, 1.82) is 0 Å². The monoisotopic (exact) mass is 309 g/mol. The zero-order valence-corrected chi connectivity index (χ0v) is 13.1. The number of carbonyl (C=O) groups excluding carboxylic acids is 1. The Bertz CT molecular complexity index is 825. The number of H-pyrrole nitrogens is 1. The van der Waals surface area contributed by atoms with Crippen LogP contribution in [0.5, 0.6) is 0 Å². The molecule has 3 rings (SSSR count). The van der Waals surface area contributed by atoms with Crippen molar-refractivity contribution < 1.29 is 9.53 Å². The van der Waals surface area contributed by atoms with Crippen LogP contribution in [-0.4, -0.2) is 16.1 Å². The molecule has 5 heteroatoms. The Balaban J connectivity index is 2.00. The third kappa shape index (κ3) is 3.18. The number of benzene rings is 1. The summed E-state index contributed by atoms with van der Waals surface area (Å²) in [6.45, 7) is 3.95. The number of rotatable bonds is 4. The first-order valence-electron chi connectivity index (χ1n) is 7.55. The van der Waals surface area contributed by atoms with Crippen LogP contribution >= 0.6 is 0 Å². The molecule has 0 spiro atoms. The summed E-state index contributed by atoms with van der Waals surface area (Å²) in [5.41, 5.74) is 8.91. The molecule has 0 saturated heterocycles. The Hall–Kier alpha value is -2.82. The number of amides is 1. The molecule has 23 heavy (non-hydrogen) atoms. The van der Waals surface area contributed by atoms with Crippen LogP contribution in [0, 0.1) is 5.92 Å². The molecule has 1 atom stereocenters. The van der Waals surface area contributed by atoms with Gasteiger partial charge >= 0.3 is 6.09 Å². The number of pyridine rings is 1. The van der Waals surface area contributed by atoms with Crippen molar-refractivity contribution in [1.82, 2.24) is 9.97 Å². The van der Waals surface area contributed by atoms with Crippen LogP contribution in [0.4, 0.5) is 4.79 Å². The molecular formula is C18H19N3O2. The van der Waals surface area contributed by atoms with Crippen LogP contribution in [0.2, 0.25) is 0 Å². The van der Waals surface area contributed by atoms with E-state index in [4.69, 9.17) is 10.5 Å². The summed E-state index contributed by atoms with van der Waals surface area (Å²) in [7, 11) is 0. The van der Waals surface area contributed by atoms with Crippen LogP contribution < -0.4 is 5.73 Å². The number of primary amides is 1. The average Bonchev–Trinajstić information content (AvgIpc) is 2.96. The molecule has 2 heterocycles. The van der Waals surface area contributed by atoms with Gasteiger partial charge in [-0.15, -0.1) is 0 Å². The highest BCUT2D eigenvalue weighted by molar-refractivity contribution is 5.83. The third-order valence-corrected chi connectivity index (χ3v) is 3.75. The van der Waals surface area contributed by atoms with Crippen molar-refractivity contribution in [3.63, 3.8) is 0 Å². The summed E-state index contributed by atoms with van der Waals surface area (Å²) < 4.78 is 5.23. The second kappa shape index (κ2) is 6.12. The van der Waals surface area contributed by atoms with E-state index in [2.05, 4.69) is 9.97 Å². The highest BCUT2D eigenvalue weighted by atomic mass is 16.6. The van der Waals surface area contributed by atoms with E-state index in [9.17, 15) is 4.79 Å². The van der Waals surface area contributed by atoms with Gasteiger partial charge in [-0.25, -0.2) is 9.78 Å². The maximum atomic E-state index is 11.1. The number of nitrogens with two attached hydrogens (primary N) is 1. The van der Waals surface area contributed by atoms with Crippen LogP contribution in [0.15, 0.2) is 48.7 Å². The SMILES string of the molecule is CC(C)C(OC(N)=O)c1cnc2[nH]c(-c3ccccc3)cc2c1. The fourth-order valence-electron chi connectivity index (χ4n) is 2.68. The van der Waals surface area contributed by atoms with E-state index in [0.29, 0.717) is 0 Å². The number of hydrogen-bond acceptors (Lipinski definition) is 3. The summed E-state index contributed by atoms with van der Waals surface area (Å²) in [4.78, 5) is 18.9. The first-order valence-corrected chi connectivity index (χ1v) is 7.55. The minimum absolute atomic E-state index is 0.106. The first kappa shape index (κ1) is 15.1. The van der Waals surface area contributed by atoms with E-state index in [1.807, 2.05) is 56.3 Å². The molecular weight excluding hydrogens is 290 g/mol. The predicted molar refractivity (Wildman–Crippen MR) is 89.8 cm³/mol. The summed E-state index contributed by atoms with van der Waals surface area (Å²) >= 11 is 0. The molecule has 0 aliphatic rings. The normalized spacial score (nSPS) is 12.5. The van der Waals surface area contributed by atoms with Crippen molar-refractivity contribution in [3.8, 4) is 11.3 Å². The fourth-order valence-corrected chi connectivity index (χ4v) is 2.68. The van der Waals surface area contributed by atoms with E-state index >= 15 is 0 Å². The molecule has 0 saturated carbocycles. The molecule has 0 aliphatic carbocycles. The van der Waals surface area contributed by atoms with E-state index in [-0.39, 0.29) is 5.92 Å². The number of carbonyl (C=O) groups is 1. The topological polar surface area (TPSA) is 81.0 Å². The first-order chi connectivity index (χ1) is 11.0. The number of aromatic amines is 1. The number of nitrogens with zero attached hydrogens (tertiary/aromatic N) is 1. The average molecular weight is 309 g/mol. The molecule has 1 amide bonds. The van der Waals surface area contributed by atoms with Crippen molar-refractivity contribution in [2.75, 3.05) is 0 Å². The Morgan fingerprint density at radius 2 is 1.96 bits per heavy atom. The second-order valence-electron chi connectivity index (χ2n) is 5.86. The lowest BCUT2D eigenvalue weighted by Gasteiger charge is -2.20. The van der Waals surface area contributed by atoms with Gasteiger partial charge in [0.1, 0.15) is 11.8 Å². The van der Waals surface area contributed by atoms with Crippen LogP contribution in [-0.2, 0) is 4.74 Å². The lowest BCUT2D eigenvalue weighted by molar-refractivity contribution is 0.0783. The van der Waals surface area contributed by atoms with E-state index in [1.54, 1.807) is 6.20 Å². The van der Waals surface area contributed by atoms with Crippen molar-refractivity contribution in [3.05, 3.63) is 54.2 Å². The molecule has 0 aliphatic heterocycles. The zero-order chi connectivity index (χ0) is 16.4. The lowest BCUT2D eigenvalue weighted by atomic mass is 10.00. The summed E-state index contributed by atoms with van der Waals surface area (Å²) in [6.07, 6.45) is 0.545. The molecule has 3 aromatic rings. The zero-order valence-electron chi connectivity index (χ0n) is 13.1. The Labute approximate surface area is 134 Å². The summed E-state index contributed by atoms with van der Waals surface area (Å²) in [6, 6.07) is 14.1. The molecule has 3 N–H and O–H groups in total. The maximum absolute atomic E-state index is 11.1. The predicted octanol–water partition coefficient (Wildman–Crippen LogP) is 4.02. The molecule has 0 bridgehead atoms. The molecule has 0 radical (unpaired) electrons. The Morgan fingerprint density at radius 1 is 1.22 bits per heavy atom. The van der Waals surface area contributed by atoms with Crippen LogP contribution in [0.25, 0.3) is 22.3 Å². The van der Waals surface area contributed by atoms with Gasteiger partial charge in [0.05, 0.1) is 0 Å². The van der Waals surface area contributed by atoms with Gasteiger partial charge in [-0.2, -0.15) is 0 Å². The van der Waals surface area contributed by atoms with Gasteiger partial charge < -0.3 is 15.5 Å². The van der Waals surface area contributed by atoms with Gasteiger partial charge in [0.2, 0.25) is 0 Å². The highest BCUT2D eigenvalue weighted by Crippen LogP contribution is 2.29. The minimum atomic E-state index is -0.775. The molecule has 118 valence electrons. The second-order valence-corrected chi connectivity index (χ2v) is 5.86. The van der Waals surface area contributed by atoms with E-state index in [1.165, 1.54) is 0 Å². The summed E-state index contributed by atoms with van der Waals surface area (Å²) in [5.74, 6) is 0.106. The van der Waals surface area contributed by atoms with Gasteiger partial charge in [-0.1, -0.05) is 44.2 Å². The van der Waals surface area contributed by atoms with E-state index < -0.39 is 12.2 Å². The van der Waals surface area contributed by atoms with Gasteiger partial charge in [0, 0.05) is 22.8 Å². The van der Waals surface area contributed by atoms with Gasteiger partial charge in [-0.3, -0.25) is 0 Å². The minimum Gasteiger partial charge on any atom is -0.441 e. The molecule has 2 aromatic heterocycles. The van der Waals surface area contributed by atoms with Crippen LogP contribution in [0.1, 0.15) is 25.5 Å². The van der Waals surface area contributed by atoms with Gasteiger partial charge in [0.15, 0.2) is 0 Å². The smallest absolute Gasteiger partial charge is 0.405 e. The lowest BCUT2D eigenvalue weighted by Crippen LogP contribution is -2.20. The van der Waals surface area contributed by atoms with E-state index in [0.717, 1.165) is 27.9 Å². The largest absolute Gasteiger partial charge is 0.441 e. The quantitative estimate of drug-likeness (QED) is 0.763. The number of aromatic nitrogens is 2. The van der Waals surface area contributed by atoms with Crippen LogP contribution in [0.3, 0.4) is 0 Å². The highest BCUT2D eigenvalue weighted by Gasteiger charge is 2.20. The van der Waals surface area contributed by atoms with Crippen molar-refractivity contribution in [2.24, 2.45) is 11.7 Å². The Kier molecular flexibility index (Phi) is 4.02. The number of hydrogen-bond donors (Lipinski definition) is 2. The summed E-state index contributed by atoms with van der Waals surface area (Å²) in [5, 5.41) is 0.972. The number of nitrogens with one attached hydrogen (secondary N) is 1. The van der Waals surface area contributed by atoms with Crippen molar-refractivity contribution >= 4 is 17.1 Å². The fraction of sp³-hybridized carbons (Fsp3) is 0.222. The molecule has 1 aromatic carbocycles. The van der Waals surface area contributed by atoms with Gasteiger partial charge in [-0.05, 0) is 23.6 Å². The number of ether oxygens (including phenoxy) is 1. The maximum Gasteiger partial charge on any atom is 0.405 e. The third-order valence-electron chi connectivity index (χ3n) is 3.75. The number of fused-ring (bicyclic) bond motifs is 1. The van der Waals surface area contributed by atoms with Crippen molar-refractivity contribution in [2.45, 2.75) is 20.0 Å². The molecule has 0 fully saturated rings. The Morgan fingerprint density at radius 3 is 2.61 bits per heavy atom. The molecule has 5 nitrogen and oxygen atoms in total. The molecule has 1 unspecified atom stereocenters.